The molecule has 7 nitrogen and oxygen atoms in total. The molecule has 1 fully saturated rings. The molecule has 0 bridgehead atoms. The van der Waals surface area contributed by atoms with Gasteiger partial charge in [-0.05, 0) is 55.6 Å². The molecular formula is C18H22N2O5. The van der Waals surface area contributed by atoms with Crippen LogP contribution in [0.25, 0.3) is 0 Å². The van der Waals surface area contributed by atoms with Crippen molar-refractivity contribution in [3.63, 3.8) is 0 Å². The maximum Gasteiger partial charge on any atom is 0.262 e. The van der Waals surface area contributed by atoms with E-state index in [1.54, 1.807) is 37.3 Å². The molecule has 1 heterocycles. The van der Waals surface area contributed by atoms with E-state index in [1.807, 2.05) is 0 Å². The molecule has 1 aliphatic carbocycles. The molecule has 2 N–H and O–H groups in total. The summed E-state index contributed by atoms with van der Waals surface area (Å²) >= 11 is 0. The van der Waals surface area contributed by atoms with E-state index in [-0.39, 0.29) is 24.5 Å². The molecule has 25 heavy (non-hydrogen) atoms. The third kappa shape index (κ3) is 4.96. The minimum atomic E-state index is -0.412. The van der Waals surface area contributed by atoms with Crippen molar-refractivity contribution in [1.29, 1.82) is 0 Å². The van der Waals surface area contributed by atoms with Crippen molar-refractivity contribution in [2.24, 2.45) is 0 Å². The first-order valence-electron chi connectivity index (χ1n) is 8.41. The van der Waals surface area contributed by atoms with Crippen LogP contribution in [0.1, 0.15) is 31.4 Å². The summed E-state index contributed by atoms with van der Waals surface area (Å²) in [6, 6.07) is 8.67. The normalized spacial score (nSPS) is 20.1. The summed E-state index contributed by atoms with van der Waals surface area (Å²) in [7, 11) is 0. The Morgan fingerprint density at radius 3 is 2.76 bits per heavy atom. The summed E-state index contributed by atoms with van der Waals surface area (Å²) in [6.45, 7) is 1.59. The number of hydrogen-bond donors (Lipinski definition) is 2. The number of carbonyl (C=O) groups is 1. The molecule has 7 heteroatoms. The van der Waals surface area contributed by atoms with Crippen LogP contribution >= 0.6 is 0 Å². The zero-order chi connectivity index (χ0) is 17.6. The highest BCUT2D eigenvalue weighted by atomic mass is 16.5. The highest BCUT2D eigenvalue weighted by molar-refractivity contribution is 5.91. The molecule has 3 rings (SSSR count). The average molecular weight is 346 g/mol. The molecular weight excluding hydrogens is 324 g/mol. The molecule has 1 aromatic heterocycles. The molecule has 1 saturated carbocycles. The number of aryl methyl sites for hydroxylation is 1. The molecule has 134 valence electrons. The maximum atomic E-state index is 11.9. The summed E-state index contributed by atoms with van der Waals surface area (Å²) in [4.78, 5) is 11.9. The van der Waals surface area contributed by atoms with E-state index in [0.29, 0.717) is 17.2 Å². The third-order valence-electron chi connectivity index (χ3n) is 4.05. The molecule has 1 amide bonds. The number of nitrogens with one attached hydrogen (secondary N) is 1. The standard InChI is InChI=1S/C18H22N2O5/c1-12-10-18(20-25-12)23-11-17(22)19-13-6-8-14(9-7-13)24-16-5-3-2-4-15(16)21/h6-10,15-16,21H,2-5,11H2,1H3,(H,19,22)/t15-,16+/m0/s1. The molecule has 1 aliphatic rings. The number of anilines is 1. The van der Waals surface area contributed by atoms with Gasteiger partial charge in [-0.25, -0.2) is 0 Å². The van der Waals surface area contributed by atoms with E-state index < -0.39 is 6.10 Å². The van der Waals surface area contributed by atoms with E-state index in [4.69, 9.17) is 14.0 Å². The van der Waals surface area contributed by atoms with Crippen LogP contribution in [0.15, 0.2) is 34.9 Å². The van der Waals surface area contributed by atoms with Crippen LogP contribution in [0.5, 0.6) is 11.6 Å². The number of hydrogen-bond acceptors (Lipinski definition) is 6. The number of amides is 1. The third-order valence-corrected chi connectivity index (χ3v) is 4.05. The minimum absolute atomic E-state index is 0.154. The van der Waals surface area contributed by atoms with Gasteiger partial charge in [0.05, 0.1) is 6.10 Å². The van der Waals surface area contributed by atoms with Gasteiger partial charge in [0.25, 0.3) is 11.8 Å². The van der Waals surface area contributed by atoms with Crippen molar-refractivity contribution in [3.05, 3.63) is 36.1 Å². The zero-order valence-electron chi connectivity index (χ0n) is 14.1. The van der Waals surface area contributed by atoms with Gasteiger partial charge in [0, 0.05) is 11.8 Å². The predicted octanol–water partition coefficient (Wildman–Crippen LogP) is 2.68. The molecule has 0 unspecified atom stereocenters. The van der Waals surface area contributed by atoms with Crippen molar-refractivity contribution in [1.82, 2.24) is 5.16 Å². The van der Waals surface area contributed by atoms with Gasteiger partial charge in [0.1, 0.15) is 17.6 Å². The lowest BCUT2D eigenvalue weighted by Gasteiger charge is -2.28. The molecule has 2 atom stereocenters. The Morgan fingerprint density at radius 1 is 1.32 bits per heavy atom. The fourth-order valence-corrected chi connectivity index (χ4v) is 2.75. The van der Waals surface area contributed by atoms with Crippen molar-refractivity contribution in [2.45, 2.75) is 44.8 Å². The largest absolute Gasteiger partial charge is 0.488 e. The Hall–Kier alpha value is -2.54. The topological polar surface area (TPSA) is 93.8 Å². The van der Waals surface area contributed by atoms with Crippen LogP contribution in [0.4, 0.5) is 5.69 Å². The number of aliphatic hydroxyl groups excluding tert-OH is 1. The molecule has 0 radical (unpaired) electrons. The highest BCUT2D eigenvalue weighted by Gasteiger charge is 2.24. The summed E-state index contributed by atoms with van der Waals surface area (Å²) in [6.07, 6.45) is 3.18. The summed E-state index contributed by atoms with van der Waals surface area (Å²) in [5, 5.41) is 16.3. The number of benzene rings is 1. The Kier molecular flexibility index (Phi) is 5.55. The summed E-state index contributed by atoms with van der Waals surface area (Å²) in [5.74, 6) is 1.28. The lowest BCUT2D eigenvalue weighted by molar-refractivity contribution is -0.118. The van der Waals surface area contributed by atoms with Crippen molar-refractivity contribution in [2.75, 3.05) is 11.9 Å². The van der Waals surface area contributed by atoms with Crippen LogP contribution in [0.3, 0.4) is 0 Å². The minimum Gasteiger partial charge on any atom is -0.488 e. The smallest absolute Gasteiger partial charge is 0.262 e. The second-order valence-corrected chi connectivity index (χ2v) is 6.15. The van der Waals surface area contributed by atoms with E-state index in [2.05, 4.69) is 10.5 Å². The Morgan fingerprint density at radius 2 is 2.08 bits per heavy atom. The van der Waals surface area contributed by atoms with Crippen LogP contribution in [0.2, 0.25) is 0 Å². The van der Waals surface area contributed by atoms with E-state index >= 15 is 0 Å². The fourth-order valence-electron chi connectivity index (χ4n) is 2.75. The lowest BCUT2D eigenvalue weighted by atomic mass is 9.95. The number of aliphatic hydroxyl groups is 1. The van der Waals surface area contributed by atoms with Crippen LogP contribution in [-0.4, -0.2) is 35.0 Å². The number of rotatable bonds is 6. The van der Waals surface area contributed by atoms with Gasteiger partial charge in [-0.2, -0.15) is 0 Å². The van der Waals surface area contributed by atoms with E-state index in [0.717, 1.165) is 25.7 Å². The Labute approximate surface area is 145 Å². The van der Waals surface area contributed by atoms with Crippen LogP contribution < -0.4 is 14.8 Å². The van der Waals surface area contributed by atoms with E-state index in [1.165, 1.54) is 0 Å². The Bertz CT molecular complexity index is 698. The van der Waals surface area contributed by atoms with Crippen molar-refractivity contribution < 1.29 is 23.9 Å². The molecule has 2 aromatic rings. The molecule has 0 aliphatic heterocycles. The quantitative estimate of drug-likeness (QED) is 0.835. The lowest BCUT2D eigenvalue weighted by Crippen LogP contribution is -2.34. The Balaban J connectivity index is 1.47. The second-order valence-electron chi connectivity index (χ2n) is 6.15. The van der Waals surface area contributed by atoms with Crippen molar-refractivity contribution >= 4 is 11.6 Å². The van der Waals surface area contributed by atoms with Gasteiger partial charge in [0.15, 0.2) is 6.61 Å². The first-order valence-corrected chi connectivity index (χ1v) is 8.41. The summed E-state index contributed by atoms with van der Waals surface area (Å²) < 4.78 is 15.9. The number of carbonyl (C=O) groups excluding carboxylic acids is 1. The molecule has 0 spiro atoms. The molecule has 0 saturated heterocycles. The first kappa shape index (κ1) is 17.3. The predicted molar refractivity (Wildman–Crippen MR) is 90.7 cm³/mol. The van der Waals surface area contributed by atoms with Gasteiger partial charge in [-0.15, -0.1) is 0 Å². The number of nitrogens with zero attached hydrogens (tertiary/aromatic N) is 1. The average Bonchev–Trinajstić information content (AvgIpc) is 3.02. The number of ether oxygens (including phenoxy) is 2. The first-order chi connectivity index (χ1) is 12.1. The summed E-state index contributed by atoms with van der Waals surface area (Å²) in [5.41, 5.74) is 0.640. The SMILES string of the molecule is Cc1cc(OCC(=O)Nc2ccc(O[C@@H]3CCCC[C@@H]3O)cc2)no1. The van der Waals surface area contributed by atoms with Gasteiger partial charge < -0.3 is 24.4 Å². The van der Waals surface area contributed by atoms with Crippen LogP contribution in [-0.2, 0) is 4.79 Å². The van der Waals surface area contributed by atoms with Gasteiger partial charge in [0.2, 0.25) is 0 Å². The second kappa shape index (κ2) is 8.02. The zero-order valence-corrected chi connectivity index (χ0v) is 14.1. The van der Waals surface area contributed by atoms with Crippen molar-refractivity contribution in [3.8, 4) is 11.6 Å². The highest BCUT2D eigenvalue weighted by Crippen LogP contribution is 2.24. The monoisotopic (exact) mass is 346 g/mol. The van der Waals surface area contributed by atoms with Gasteiger partial charge in [-0.3, -0.25) is 4.79 Å². The van der Waals surface area contributed by atoms with Crippen LogP contribution in [0, 0.1) is 6.92 Å². The van der Waals surface area contributed by atoms with E-state index in [9.17, 15) is 9.90 Å². The van der Waals surface area contributed by atoms with Gasteiger partial charge >= 0.3 is 0 Å². The fraction of sp³-hybridized carbons (Fsp3) is 0.444. The van der Waals surface area contributed by atoms with Gasteiger partial charge in [-0.1, -0.05) is 6.42 Å². The molecule has 1 aromatic carbocycles. The maximum absolute atomic E-state index is 11.9. The number of aromatic nitrogens is 1.